The molecule has 0 saturated heterocycles. The van der Waals surface area contributed by atoms with Crippen LogP contribution in [0.4, 0.5) is 0 Å². The van der Waals surface area contributed by atoms with E-state index in [0.29, 0.717) is 25.9 Å². The topological polar surface area (TPSA) is 98.7 Å². The maximum absolute atomic E-state index is 12.0. The van der Waals surface area contributed by atoms with Crippen molar-refractivity contribution in [2.75, 3.05) is 24.6 Å². The van der Waals surface area contributed by atoms with Crippen molar-refractivity contribution in [3.63, 3.8) is 0 Å². The summed E-state index contributed by atoms with van der Waals surface area (Å²) in [5.41, 5.74) is 0. The number of nitrogens with one attached hydrogen (secondary N) is 2. The monoisotopic (exact) mass is 548 g/mol. The Hall–Kier alpha value is -0.440. The Bertz CT molecular complexity index is 468. The van der Waals surface area contributed by atoms with E-state index in [1.807, 2.05) is 0 Å². The first-order valence-electron chi connectivity index (χ1n) is 14.7. The normalized spacial score (nSPS) is 12.9. The molecule has 0 aliphatic carbocycles. The van der Waals surface area contributed by atoms with E-state index < -0.39 is 12.2 Å². The fraction of sp³-hybridized carbons (Fsp3) is 0.929. The minimum atomic E-state index is -0.907. The number of aliphatic hydroxyl groups is 2. The molecule has 0 radical (unpaired) electrons. The molecule has 0 spiro atoms. The van der Waals surface area contributed by atoms with E-state index in [1.165, 1.54) is 77.0 Å². The van der Waals surface area contributed by atoms with Gasteiger partial charge >= 0.3 is 0 Å². The predicted molar refractivity (Wildman–Crippen MR) is 157 cm³/mol. The van der Waals surface area contributed by atoms with Gasteiger partial charge in [0.25, 0.3) is 0 Å². The molecule has 36 heavy (non-hydrogen) atoms. The highest BCUT2D eigenvalue weighted by Crippen LogP contribution is 2.19. The van der Waals surface area contributed by atoms with Crippen molar-refractivity contribution in [3.8, 4) is 0 Å². The molecule has 214 valence electrons. The van der Waals surface area contributed by atoms with Crippen molar-refractivity contribution >= 4 is 33.4 Å². The largest absolute Gasteiger partial charge is 0.383 e. The zero-order valence-corrected chi connectivity index (χ0v) is 24.9. The summed E-state index contributed by atoms with van der Waals surface area (Å²) in [7, 11) is 3.26. The van der Waals surface area contributed by atoms with Gasteiger partial charge in [0.2, 0.25) is 11.8 Å². The average Bonchev–Trinajstić information content (AvgIpc) is 2.88. The smallest absolute Gasteiger partial charge is 0.248 e. The quantitative estimate of drug-likeness (QED) is 0.0702. The van der Waals surface area contributed by atoms with Crippen molar-refractivity contribution in [1.82, 2.24) is 10.6 Å². The Kier molecular flexibility index (Phi) is 27.3. The van der Waals surface area contributed by atoms with Crippen molar-refractivity contribution < 1.29 is 19.8 Å². The Morgan fingerprint density at radius 1 is 0.556 bits per heavy atom. The minimum Gasteiger partial charge on any atom is -0.383 e. The molecular formula is C28H56N2O4S2. The zero-order valence-electron chi connectivity index (χ0n) is 23.2. The lowest BCUT2D eigenvalue weighted by Gasteiger charge is -2.12. The summed E-state index contributed by atoms with van der Waals surface area (Å²) in [5.74, 6) is 0.939. The molecule has 8 heteroatoms. The first kappa shape index (κ1) is 35.6. The lowest BCUT2D eigenvalue weighted by molar-refractivity contribution is -0.130. The van der Waals surface area contributed by atoms with E-state index in [0.717, 1.165) is 37.2 Å². The number of hydrogen-bond donors (Lipinski definition) is 4. The summed E-state index contributed by atoms with van der Waals surface area (Å²) in [6.45, 7) is 5.49. The molecule has 0 saturated carbocycles. The highest BCUT2D eigenvalue weighted by Gasteiger charge is 2.14. The van der Waals surface area contributed by atoms with Crippen LogP contribution in [0.25, 0.3) is 0 Å². The van der Waals surface area contributed by atoms with E-state index >= 15 is 0 Å². The molecule has 4 N–H and O–H groups in total. The van der Waals surface area contributed by atoms with Gasteiger partial charge in [-0.3, -0.25) is 9.59 Å². The van der Waals surface area contributed by atoms with Gasteiger partial charge in [-0.1, -0.05) is 138 Å². The minimum absolute atomic E-state index is 0.277. The second kappa shape index (κ2) is 27.6. The molecular weight excluding hydrogens is 492 g/mol. The standard InChI is InChI=1S/C28H56N2O4S2/c1-3-5-7-9-11-13-15-17-19-25(31)27(33)29-21-23-35-36-24-22-30-28(34)26(32)20-18-16-14-12-10-8-6-4-2/h25-26,31-32H,3-24H2,1-2H3,(H,29,33)(H,30,34). The second-order valence-electron chi connectivity index (χ2n) is 9.78. The summed E-state index contributed by atoms with van der Waals surface area (Å²) < 4.78 is 0. The Morgan fingerprint density at radius 2 is 0.861 bits per heavy atom. The summed E-state index contributed by atoms with van der Waals surface area (Å²) >= 11 is 0. The lowest BCUT2D eigenvalue weighted by Crippen LogP contribution is -2.36. The summed E-state index contributed by atoms with van der Waals surface area (Å²) in [5, 5.41) is 25.6. The first-order chi connectivity index (χ1) is 17.5. The van der Waals surface area contributed by atoms with Crippen molar-refractivity contribution in [2.45, 2.75) is 142 Å². The fourth-order valence-corrected chi connectivity index (χ4v) is 5.80. The first-order valence-corrected chi connectivity index (χ1v) is 17.2. The van der Waals surface area contributed by atoms with Crippen molar-refractivity contribution in [1.29, 1.82) is 0 Å². The van der Waals surface area contributed by atoms with Gasteiger partial charge in [-0.05, 0) is 12.8 Å². The maximum atomic E-state index is 12.0. The second-order valence-corrected chi connectivity index (χ2v) is 12.5. The Balaban J connectivity index is 3.49. The molecule has 0 aromatic heterocycles. The molecule has 6 nitrogen and oxygen atoms in total. The number of aliphatic hydroxyl groups excluding tert-OH is 2. The van der Waals surface area contributed by atoms with Gasteiger partial charge in [0, 0.05) is 24.6 Å². The Labute approximate surface area is 229 Å². The predicted octanol–water partition coefficient (Wildman–Crippen LogP) is 6.38. The summed E-state index contributed by atoms with van der Waals surface area (Å²) in [6.07, 6.45) is 18.4. The summed E-state index contributed by atoms with van der Waals surface area (Å²) in [6, 6.07) is 0. The van der Waals surface area contributed by atoms with Crippen LogP contribution in [0.1, 0.15) is 129 Å². The highest BCUT2D eigenvalue weighted by atomic mass is 33.1. The molecule has 2 unspecified atom stereocenters. The van der Waals surface area contributed by atoms with Crippen LogP contribution in [0.5, 0.6) is 0 Å². The molecule has 0 aliphatic rings. The van der Waals surface area contributed by atoms with E-state index in [4.69, 9.17) is 0 Å². The van der Waals surface area contributed by atoms with Gasteiger partial charge in [-0.25, -0.2) is 0 Å². The van der Waals surface area contributed by atoms with Crippen molar-refractivity contribution in [3.05, 3.63) is 0 Å². The summed E-state index contributed by atoms with van der Waals surface area (Å²) in [4.78, 5) is 23.9. The van der Waals surface area contributed by atoms with Crippen LogP contribution in [-0.2, 0) is 9.59 Å². The third-order valence-electron chi connectivity index (χ3n) is 6.32. The molecule has 0 aliphatic heterocycles. The van der Waals surface area contributed by atoms with Crippen LogP contribution in [0.15, 0.2) is 0 Å². The van der Waals surface area contributed by atoms with Gasteiger partial charge in [-0.15, -0.1) is 0 Å². The fourth-order valence-electron chi connectivity index (χ4n) is 3.99. The third-order valence-corrected chi connectivity index (χ3v) is 8.73. The Morgan fingerprint density at radius 3 is 1.19 bits per heavy atom. The molecule has 0 aromatic rings. The van der Waals surface area contributed by atoms with Gasteiger partial charge < -0.3 is 20.8 Å². The molecule has 0 heterocycles. The lowest BCUT2D eigenvalue weighted by atomic mass is 10.1. The number of hydrogen-bond acceptors (Lipinski definition) is 6. The average molecular weight is 549 g/mol. The molecule has 0 bridgehead atoms. The van der Waals surface area contributed by atoms with Crippen LogP contribution < -0.4 is 10.6 Å². The van der Waals surface area contributed by atoms with E-state index in [-0.39, 0.29) is 11.8 Å². The molecule has 2 amide bonds. The maximum Gasteiger partial charge on any atom is 0.248 e. The zero-order chi connectivity index (χ0) is 26.7. The third kappa shape index (κ3) is 23.9. The van der Waals surface area contributed by atoms with Crippen LogP contribution >= 0.6 is 21.6 Å². The number of rotatable bonds is 27. The van der Waals surface area contributed by atoms with E-state index in [1.54, 1.807) is 21.6 Å². The van der Waals surface area contributed by atoms with Gasteiger partial charge in [-0.2, -0.15) is 0 Å². The molecule has 0 rings (SSSR count). The van der Waals surface area contributed by atoms with E-state index in [2.05, 4.69) is 24.5 Å². The number of carbonyl (C=O) groups excluding carboxylic acids is 2. The number of amides is 2. The van der Waals surface area contributed by atoms with Crippen LogP contribution in [0, 0.1) is 0 Å². The molecule has 2 atom stereocenters. The van der Waals surface area contributed by atoms with E-state index in [9.17, 15) is 19.8 Å². The van der Waals surface area contributed by atoms with Gasteiger partial charge in [0.15, 0.2) is 0 Å². The van der Waals surface area contributed by atoms with Gasteiger partial charge in [0.1, 0.15) is 12.2 Å². The van der Waals surface area contributed by atoms with Gasteiger partial charge in [0.05, 0.1) is 0 Å². The molecule has 0 aromatic carbocycles. The molecule has 0 fully saturated rings. The van der Waals surface area contributed by atoms with Crippen LogP contribution in [0.2, 0.25) is 0 Å². The van der Waals surface area contributed by atoms with Crippen molar-refractivity contribution in [2.24, 2.45) is 0 Å². The van der Waals surface area contributed by atoms with Crippen LogP contribution in [0.3, 0.4) is 0 Å². The SMILES string of the molecule is CCCCCCCCCCC(O)C(=O)NCCSSCCNC(=O)C(O)CCCCCCCCCC. The number of unbranched alkanes of at least 4 members (excludes halogenated alkanes) is 14. The highest BCUT2D eigenvalue weighted by molar-refractivity contribution is 8.76. The van der Waals surface area contributed by atoms with Crippen LogP contribution in [-0.4, -0.2) is 58.8 Å². The number of carbonyl (C=O) groups is 2.